The maximum absolute atomic E-state index is 11.1. The zero-order valence-electron chi connectivity index (χ0n) is 11.1. The second kappa shape index (κ2) is 8.09. The zero-order chi connectivity index (χ0) is 13.4. The summed E-state index contributed by atoms with van der Waals surface area (Å²) in [5.41, 5.74) is 0. The highest BCUT2D eigenvalue weighted by molar-refractivity contribution is 7.89. The zero-order valence-corrected chi connectivity index (χ0v) is 12.0. The quantitative estimate of drug-likeness (QED) is 0.726. The van der Waals surface area contributed by atoms with Crippen molar-refractivity contribution in [2.45, 2.75) is 45.1 Å². The lowest BCUT2D eigenvalue weighted by atomic mass is 10.1. The topological polar surface area (TPSA) is 78.6 Å². The Labute approximate surface area is 110 Å². The van der Waals surface area contributed by atoms with Crippen molar-refractivity contribution in [1.82, 2.24) is 0 Å². The van der Waals surface area contributed by atoms with E-state index in [4.69, 9.17) is 14.6 Å². The fourth-order valence-corrected chi connectivity index (χ4v) is 3.18. The molecular weight excluding hydrogens is 254 g/mol. The molecule has 0 aromatic heterocycles. The average Bonchev–Trinajstić information content (AvgIpc) is 2.28. The van der Waals surface area contributed by atoms with Gasteiger partial charge >= 0.3 is 0 Å². The van der Waals surface area contributed by atoms with Crippen LogP contribution in [0.15, 0.2) is 0 Å². The number of nitrogens with two attached hydrogens (primary N) is 1. The Kier molecular flexibility index (Phi) is 7.14. The van der Waals surface area contributed by atoms with Crippen molar-refractivity contribution in [3.63, 3.8) is 0 Å². The van der Waals surface area contributed by atoms with Gasteiger partial charge in [-0.2, -0.15) is 0 Å². The fourth-order valence-electron chi connectivity index (χ4n) is 2.26. The minimum absolute atomic E-state index is 0.00593. The van der Waals surface area contributed by atoms with Crippen molar-refractivity contribution in [3.8, 4) is 0 Å². The first-order valence-electron chi connectivity index (χ1n) is 6.71. The molecular formula is C12H25NO4S. The average molecular weight is 279 g/mol. The molecule has 1 aliphatic heterocycles. The van der Waals surface area contributed by atoms with Gasteiger partial charge in [-0.1, -0.05) is 13.3 Å². The van der Waals surface area contributed by atoms with Gasteiger partial charge < -0.3 is 9.47 Å². The summed E-state index contributed by atoms with van der Waals surface area (Å²) in [6.45, 7) is 3.85. The summed E-state index contributed by atoms with van der Waals surface area (Å²) < 4.78 is 33.3. The van der Waals surface area contributed by atoms with E-state index in [1.807, 2.05) is 6.92 Å². The number of primary sulfonamides is 1. The SMILES string of the molecule is CCCC(COCC1CCCCO1)CS(N)(=O)=O. The van der Waals surface area contributed by atoms with Crippen LogP contribution in [0.4, 0.5) is 0 Å². The molecule has 108 valence electrons. The summed E-state index contributed by atoms with van der Waals surface area (Å²) in [4.78, 5) is 0. The smallest absolute Gasteiger partial charge is 0.209 e. The molecule has 0 amide bonds. The van der Waals surface area contributed by atoms with Crippen LogP contribution < -0.4 is 5.14 Å². The molecule has 1 rings (SSSR count). The van der Waals surface area contributed by atoms with Gasteiger partial charge in [0.25, 0.3) is 0 Å². The first-order chi connectivity index (χ1) is 8.51. The molecule has 0 radical (unpaired) electrons. The van der Waals surface area contributed by atoms with Crippen molar-refractivity contribution in [2.75, 3.05) is 25.6 Å². The van der Waals surface area contributed by atoms with Gasteiger partial charge in [0.15, 0.2) is 0 Å². The van der Waals surface area contributed by atoms with Gasteiger partial charge in [0.2, 0.25) is 10.0 Å². The minimum Gasteiger partial charge on any atom is -0.378 e. The number of sulfonamides is 1. The van der Waals surface area contributed by atoms with E-state index in [9.17, 15) is 8.42 Å². The second-order valence-corrected chi connectivity index (χ2v) is 6.67. The third kappa shape index (κ3) is 7.31. The molecule has 0 aliphatic carbocycles. The molecule has 0 spiro atoms. The number of rotatable bonds is 8. The van der Waals surface area contributed by atoms with Gasteiger partial charge in [0.1, 0.15) is 0 Å². The van der Waals surface area contributed by atoms with Crippen LogP contribution in [0.1, 0.15) is 39.0 Å². The van der Waals surface area contributed by atoms with Gasteiger partial charge in [-0.3, -0.25) is 0 Å². The van der Waals surface area contributed by atoms with Crippen LogP contribution >= 0.6 is 0 Å². The second-order valence-electron chi connectivity index (χ2n) is 5.01. The highest BCUT2D eigenvalue weighted by Crippen LogP contribution is 2.14. The van der Waals surface area contributed by atoms with Gasteiger partial charge in [0.05, 0.1) is 25.1 Å². The van der Waals surface area contributed by atoms with Gasteiger partial charge in [-0.15, -0.1) is 0 Å². The van der Waals surface area contributed by atoms with Crippen molar-refractivity contribution in [2.24, 2.45) is 11.1 Å². The van der Waals surface area contributed by atoms with Gasteiger partial charge in [0, 0.05) is 6.61 Å². The number of ether oxygens (including phenoxy) is 2. The molecule has 0 aromatic rings. The first kappa shape index (κ1) is 15.9. The highest BCUT2D eigenvalue weighted by atomic mass is 32.2. The van der Waals surface area contributed by atoms with E-state index in [-0.39, 0.29) is 17.8 Å². The molecule has 18 heavy (non-hydrogen) atoms. The molecule has 1 aliphatic rings. The van der Waals surface area contributed by atoms with Crippen LogP contribution in [0.2, 0.25) is 0 Å². The Hall–Kier alpha value is -0.170. The molecule has 2 atom stereocenters. The number of hydrogen-bond donors (Lipinski definition) is 1. The Morgan fingerprint density at radius 2 is 2.22 bits per heavy atom. The van der Waals surface area contributed by atoms with E-state index in [1.165, 1.54) is 6.42 Å². The lowest BCUT2D eigenvalue weighted by Gasteiger charge is -2.23. The summed E-state index contributed by atoms with van der Waals surface area (Å²) in [6.07, 6.45) is 5.28. The highest BCUT2D eigenvalue weighted by Gasteiger charge is 2.18. The maximum Gasteiger partial charge on any atom is 0.209 e. The van der Waals surface area contributed by atoms with Crippen molar-refractivity contribution < 1.29 is 17.9 Å². The lowest BCUT2D eigenvalue weighted by molar-refractivity contribution is -0.0461. The van der Waals surface area contributed by atoms with Gasteiger partial charge in [-0.05, 0) is 31.6 Å². The predicted molar refractivity (Wildman–Crippen MR) is 70.8 cm³/mol. The van der Waals surface area contributed by atoms with Crippen LogP contribution in [-0.2, 0) is 19.5 Å². The Morgan fingerprint density at radius 3 is 2.78 bits per heavy atom. The van der Waals surface area contributed by atoms with Crippen LogP contribution in [-0.4, -0.2) is 40.1 Å². The van der Waals surface area contributed by atoms with E-state index in [2.05, 4.69) is 0 Å². The molecule has 1 fully saturated rings. The van der Waals surface area contributed by atoms with E-state index in [1.54, 1.807) is 0 Å². The predicted octanol–water partition coefficient (Wildman–Crippen LogP) is 1.28. The van der Waals surface area contributed by atoms with E-state index >= 15 is 0 Å². The molecule has 1 heterocycles. The molecule has 5 nitrogen and oxygen atoms in total. The third-order valence-corrected chi connectivity index (χ3v) is 4.03. The van der Waals surface area contributed by atoms with Crippen LogP contribution in [0.25, 0.3) is 0 Å². The summed E-state index contributed by atoms with van der Waals surface area (Å²) in [5, 5.41) is 5.07. The Balaban J connectivity index is 2.23. The van der Waals surface area contributed by atoms with Crippen LogP contribution in [0.5, 0.6) is 0 Å². The minimum atomic E-state index is -3.41. The Bertz CT molecular complexity index is 312. The molecule has 2 N–H and O–H groups in total. The fraction of sp³-hybridized carbons (Fsp3) is 1.00. The van der Waals surface area contributed by atoms with E-state index < -0.39 is 10.0 Å². The third-order valence-electron chi connectivity index (χ3n) is 3.10. The first-order valence-corrected chi connectivity index (χ1v) is 8.42. The monoisotopic (exact) mass is 279 g/mol. The number of hydrogen-bond acceptors (Lipinski definition) is 4. The Morgan fingerprint density at radius 1 is 1.44 bits per heavy atom. The molecule has 2 unspecified atom stereocenters. The maximum atomic E-state index is 11.1. The van der Waals surface area contributed by atoms with Crippen molar-refractivity contribution in [3.05, 3.63) is 0 Å². The van der Waals surface area contributed by atoms with Crippen LogP contribution in [0, 0.1) is 5.92 Å². The molecule has 0 aromatic carbocycles. The van der Waals surface area contributed by atoms with Crippen molar-refractivity contribution >= 4 is 10.0 Å². The lowest BCUT2D eigenvalue weighted by Crippen LogP contribution is -2.29. The molecule has 6 heteroatoms. The van der Waals surface area contributed by atoms with E-state index in [0.717, 1.165) is 32.3 Å². The normalized spacial score (nSPS) is 22.9. The standard InChI is InChI=1S/C12H25NO4S/c1-2-5-11(10-18(13,14)15)8-16-9-12-6-3-4-7-17-12/h11-12H,2-10H2,1H3,(H2,13,14,15). The van der Waals surface area contributed by atoms with Crippen molar-refractivity contribution in [1.29, 1.82) is 0 Å². The summed E-state index contributed by atoms with van der Waals surface area (Å²) in [5.74, 6) is 0.000379. The largest absolute Gasteiger partial charge is 0.378 e. The molecule has 1 saturated heterocycles. The van der Waals surface area contributed by atoms with Gasteiger partial charge in [-0.25, -0.2) is 13.6 Å². The molecule has 0 saturated carbocycles. The summed E-state index contributed by atoms with van der Waals surface area (Å²) in [6, 6.07) is 0. The molecule has 0 bridgehead atoms. The summed E-state index contributed by atoms with van der Waals surface area (Å²) in [7, 11) is -3.41. The van der Waals surface area contributed by atoms with E-state index in [0.29, 0.717) is 13.2 Å². The summed E-state index contributed by atoms with van der Waals surface area (Å²) >= 11 is 0. The van der Waals surface area contributed by atoms with Crippen LogP contribution in [0.3, 0.4) is 0 Å².